The molecule has 34 heavy (non-hydrogen) atoms. The third-order valence-electron chi connectivity index (χ3n) is 4.35. The van der Waals surface area contributed by atoms with Crippen LogP contribution < -0.4 is 10.6 Å². The minimum atomic E-state index is -0.173. The molecule has 2 N–H and O–H groups in total. The molecule has 0 aliphatic rings. The Morgan fingerprint density at radius 3 is 2.29 bits per heavy atom. The Morgan fingerprint density at radius 1 is 0.824 bits per heavy atom. The lowest BCUT2D eigenvalue weighted by molar-refractivity contribution is -0.115. The number of pyridine rings is 2. The van der Waals surface area contributed by atoms with Crippen molar-refractivity contribution in [1.29, 1.82) is 0 Å². The predicted molar refractivity (Wildman–Crippen MR) is 138 cm³/mol. The summed E-state index contributed by atoms with van der Waals surface area (Å²) < 4.78 is 0. The Labute approximate surface area is 204 Å². The van der Waals surface area contributed by atoms with Crippen LogP contribution in [-0.4, -0.2) is 31.8 Å². The van der Waals surface area contributed by atoms with E-state index in [1.807, 2.05) is 48.6 Å². The predicted octanol–water partition coefficient (Wildman–Crippen LogP) is 5.31. The molecule has 0 spiro atoms. The van der Waals surface area contributed by atoms with Gasteiger partial charge in [0.2, 0.25) is 11.8 Å². The van der Waals surface area contributed by atoms with Crippen molar-refractivity contribution in [3.63, 3.8) is 0 Å². The first-order chi connectivity index (χ1) is 16.5. The number of thiazole rings is 2. The van der Waals surface area contributed by atoms with Gasteiger partial charge >= 0.3 is 0 Å². The SMILES string of the molecule is CC(=O)Nc1ncc(/C=C\c2ccc(-c3nc(NC(C)=O)sc3/C=C\c3ccncc3)cn2)s1. The number of nitrogens with zero attached hydrogens (tertiary/aromatic N) is 4. The largest absolute Gasteiger partial charge is 0.302 e. The molecule has 0 aliphatic heterocycles. The van der Waals surface area contributed by atoms with Crippen LogP contribution in [0.5, 0.6) is 0 Å². The van der Waals surface area contributed by atoms with E-state index in [2.05, 4.69) is 30.6 Å². The third-order valence-corrected chi connectivity index (χ3v) is 6.17. The van der Waals surface area contributed by atoms with Crippen LogP contribution in [0.1, 0.15) is 34.9 Å². The maximum Gasteiger partial charge on any atom is 0.223 e. The van der Waals surface area contributed by atoms with E-state index in [1.54, 1.807) is 24.8 Å². The standard InChI is InChI=1S/C24H20N6O2S2/c1-15(31)28-23-27-14-20(33-23)7-6-19-5-4-18(13-26-19)22-21(34-24(30-22)29-16(2)32)8-3-17-9-11-25-12-10-17/h3-14H,1-2H3,(H,27,28,31)(H,29,30,32)/b7-6-,8-3-. The summed E-state index contributed by atoms with van der Waals surface area (Å²) >= 11 is 2.78. The Kier molecular flexibility index (Phi) is 7.31. The zero-order valence-electron chi connectivity index (χ0n) is 18.4. The van der Waals surface area contributed by atoms with Crippen LogP contribution in [0.15, 0.2) is 49.1 Å². The number of carbonyl (C=O) groups excluding carboxylic acids is 2. The van der Waals surface area contributed by atoms with Gasteiger partial charge in [0.15, 0.2) is 10.3 Å². The van der Waals surface area contributed by atoms with Crippen LogP contribution in [0.3, 0.4) is 0 Å². The van der Waals surface area contributed by atoms with E-state index >= 15 is 0 Å². The van der Waals surface area contributed by atoms with Gasteiger partial charge in [0, 0.05) is 49.1 Å². The lowest BCUT2D eigenvalue weighted by Crippen LogP contribution is -2.04. The normalized spacial score (nSPS) is 11.2. The Balaban J connectivity index is 1.55. The number of nitrogens with one attached hydrogen (secondary N) is 2. The lowest BCUT2D eigenvalue weighted by atomic mass is 10.1. The maximum atomic E-state index is 11.5. The van der Waals surface area contributed by atoms with Crippen molar-refractivity contribution in [2.45, 2.75) is 13.8 Å². The highest BCUT2D eigenvalue weighted by Crippen LogP contribution is 2.32. The molecule has 0 saturated carbocycles. The topological polar surface area (TPSA) is 110 Å². The van der Waals surface area contributed by atoms with E-state index in [9.17, 15) is 9.59 Å². The molecule has 0 aromatic carbocycles. The van der Waals surface area contributed by atoms with Gasteiger partial charge in [0.25, 0.3) is 0 Å². The van der Waals surface area contributed by atoms with E-state index in [0.29, 0.717) is 10.3 Å². The number of rotatable bonds is 7. The molecule has 8 nitrogen and oxygen atoms in total. The van der Waals surface area contributed by atoms with Gasteiger partial charge in [-0.25, -0.2) is 9.97 Å². The van der Waals surface area contributed by atoms with Crippen LogP contribution in [0, 0.1) is 0 Å². The van der Waals surface area contributed by atoms with Gasteiger partial charge < -0.3 is 10.6 Å². The van der Waals surface area contributed by atoms with Crippen molar-refractivity contribution >= 4 is 69.1 Å². The second-order valence-corrected chi connectivity index (χ2v) is 9.17. The second-order valence-electron chi connectivity index (χ2n) is 7.08. The molecule has 0 unspecified atom stereocenters. The van der Waals surface area contributed by atoms with Gasteiger partial charge in [-0.2, -0.15) is 0 Å². The number of anilines is 2. The third kappa shape index (κ3) is 6.27. The first-order valence-electron chi connectivity index (χ1n) is 10.2. The highest BCUT2D eigenvalue weighted by molar-refractivity contribution is 7.17. The monoisotopic (exact) mass is 488 g/mol. The number of hydrogen-bond acceptors (Lipinski definition) is 8. The minimum absolute atomic E-state index is 0.152. The Morgan fingerprint density at radius 2 is 1.59 bits per heavy atom. The molecule has 4 rings (SSSR count). The maximum absolute atomic E-state index is 11.5. The zero-order valence-corrected chi connectivity index (χ0v) is 20.0. The second kappa shape index (κ2) is 10.7. The van der Waals surface area contributed by atoms with Crippen molar-refractivity contribution in [3.05, 3.63) is 70.1 Å². The minimum Gasteiger partial charge on any atom is -0.302 e. The van der Waals surface area contributed by atoms with Crippen molar-refractivity contribution in [2.75, 3.05) is 10.6 Å². The molecule has 10 heteroatoms. The van der Waals surface area contributed by atoms with Crippen LogP contribution in [0.25, 0.3) is 35.6 Å². The highest BCUT2D eigenvalue weighted by Gasteiger charge is 2.13. The molecular formula is C24H20N6O2S2. The van der Waals surface area contributed by atoms with Crippen LogP contribution in [0.2, 0.25) is 0 Å². The summed E-state index contributed by atoms with van der Waals surface area (Å²) in [5.41, 5.74) is 3.36. The van der Waals surface area contributed by atoms with E-state index in [4.69, 9.17) is 0 Å². The summed E-state index contributed by atoms with van der Waals surface area (Å²) in [4.78, 5) is 41.8. The fourth-order valence-corrected chi connectivity index (χ4v) is 4.59. The van der Waals surface area contributed by atoms with Gasteiger partial charge in [-0.15, -0.1) is 0 Å². The molecule has 0 atom stereocenters. The van der Waals surface area contributed by atoms with Gasteiger partial charge in [-0.3, -0.25) is 19.6 Å². The molecule has 2 amide bonds. The van der Waals surface area contributed by atoms with Crippen molar-refractivity contribution in [3.8, 4) is 11.3 Å². The van der Waals surface area contributed by atoms with E-state index in [1.165, 1.54) is 36.5 Å². The highest BCUT2D eigenvalue weighted by atomic mass is 32.1. The molecule has 0 bridgehead atoms. The number of amides is 2. The lowest BCUT2D eigenvalue weighted by Gasteiger charge is -2.00. The number of aromatic nitrogens is 4. The van der Waals surface area contributed by atoms with Crippen LogP contribution >= 0.6 is 22.7 Å². The van der Waals surface area contributed by atoms with Gasteiger partial charge in [-0.1, -0.05) is 28.7 Å². The van der Waals surface area contributed by atoms with E-state index in [0.717, 1.165) is 32.3 Å². The number of hydrogen-bond donors (Lipinski definition) is 2. The molecule has 0 fully saturated rings. The van der Waals surface area contributed by atoms with Gasteiger partial charge in [-0.05, 0) is 48.1 Å². The van der Waals surface area contributed by atoms with Gasteiger partial charge in [0.05, 0.1) is 16.3 Å². The fourth-order valence-electron chi connectivity index (χ4n) is 2.89. The van der Waals surface area contributed by atoms with Crippen molar-refractivity contribution in [2.24, 2.45) is 0 Å². The average Bonchev–Trinajstić information content (AvgIpc) is 3.43. The Hall–Kier alpha value is -4.02. The molecule has 4 aromatic rings. The van der Waals surface area contributed by atoms with Crippen molar-refractivity contribution in [1.82, 2.24) is 19.9 Å². The van der Waals surface area contributed by atoms with Crippen molar-refractivity contribution < 1.29 is 9.59 Å². The summed E-state index contributed by atoms with van der Waals surface area (Å²) in [6, 6.07) is 7.67. The molecule has 0 saturated heterocycles. The summed E-state index contributed by atoms with van der Waals surface area (Å²) in [6.07, 6.45) is 14.6. The first kappa shape index (κ1) is 23.1. The van der Waals surface area contributed by atoms with Crippen LogP contribution in [0.4, 0.5) is 10.3 Å². The summed E-state index contributed by atoms with van der Waals surface area (Å²) in [7, 11) is 0. The average molecular weight is 489 g/mol. The smallest absolute Gasteiger partial charge is 0.223 e. The molecule has 170 valence electrons. The quantitative estimate of drug-likeness (QED) is 0.365. The molecular weight excluding hydrogens is 468 g/mol. The van der Waals surface area contributed by atoms with Crippen LogP contribution in [-0.2, 0) is 9.59 Å². The zero-order chi connectivity index (χ0) is 23.9. The van der Waals surface area contributed by atoms with Gasteiger partial charge in [0.1, 0.15) is 0 Å². The fraction of sp³-hybridized carbons (Fsp3) is 0.0833. The number of carbonyl (C=O) groups is 2. The molecule has 0 aliphatic carbocycles. The Bertz CT molecular complexity index is 1360. The molecule has 4 heterocycles. The summed E-state index contributed by atoms with van der Waals surface area (Å²) in [5, 5.41) is 6.51. The summed E-state index contributed by atoms with van der Waals surface area (Å²) in [5.74, 6) is -0.325. The first-order valence-corrected chi connectivity index (χ1v) is 11.8. The molecule has 4 aromatic heterocycles. The van der Waals surface area contributed by atoms with E-state index < -0.39 is 0 Å². The van der Waals surface area contributed by atoms with E-state index in [-0.39, 0.29) is 11.8 Å². The summed E-state index contributed by atoms with van der Waals surface area (Å²) in [6.45, 7) is 2.91. The molecule has 0 radical (unpaired) electrons.